The van der Waals surface area contributed by atoms with Crippen molar-refractivity contribution in [1.82, 2.24) is 9.47 Å². The predicted octanol–water partition coefficient (Wildman–Crippen LogP) is 0.814. The van der Waals surface area contributed by atoms with E-state index in [1.807, 2.05) is 11.9 Å². The van der Waals surface area contributed by atoms with Crippen LogP contribution >= 0.6 is 0 Å². The van der Waals surface area contributed by atoms with Gasteiger partial charge in [0.25, 0.3) is 0 Å². The number of pyridine rings is 1. The fourth-order valence-corrected chi connectivity index (χ4v) is 3.22. The summed E-state index contributed by atoms with van der Waals surface area (Å²) in [4.78, 5) is 38.2. The zero-order valence-electron chi connectivity index (χ0n) is 14.4. The summed E-state index contributed by atoms with van der Waals surface area (Å²) in [7, 11) is 1.88. The number of carboxylic acids is 2. The Labute approximate surface area is 151 Å². The van der Waals surface area contributed by atoms with Gasteiger partial charge >= 0.3 is 11.9 Å². The summed E-state index contributed by atoms with van der Waals surface area (Å²) in [6.07, 6.45) is 0.774. The number of nitrogens with zero attached hydrogens (tertiary/aromatic N) is 3. The molecular formula is C17H17F2N3O5. The number of halogens is 2. The molecule has 2 heterocycles. The number of hydrogen-bond donors (Lipinski definition) is 2. The lowest BCUT2D eigenvalue weighted by molar-refractivity contribution is -0.137. The number of aromatic carboxylic acids is 1. The minimum absolute atomic E-state index is 0.350. The van der Waals surface area contributed by atoms with Crippen LogP contribution in [0.1, 0.15) is 10.4 Å². The standard InChI is InChI=1S/C17H17F2N3O5/c1-20-2-4-21(5-3-20)15-11(18)6-9-14(13(15)19)22(8-12(23)24)7-10(16(9)25)17(26)27/h6-7H,2-5,8H2,1H3,(H,23,24)(H,26,27). The van der Waals surface area contributed by atoms with Crippen molar-refractivity contribution in [3.8, 4) is 0 Å². The SMILES string of the molecule is CN1CCN(c2c(F)cc3c(=O)c(C(=O)O)cn(CC(=O)O)c3c2F)CC1. The lowest BCUT2D eigenvalue weighted by Crippen LogP contribution is -2.45. The van der Waals surface area contributed by atoms with Crippen LogP contribution in [-0.4, -0.2) is 64.8 Å². The summed E-state index contributed by atoms with van der Waals surface area (Å²) < 4.78 is 30.7. The molecule has 1 aliphatic rings. The summed E-state index contributed by atoms with van der Waals surface area (Å²) >= 11 is 0. The van der Waals surface area contributed by atoms with Crippen LogP contribution in [0.3, 0.4) is 0 Å². The number of carboxylic acid groups (broad SMARTS) is 2. The van der Waals surface area contributed by atoms with Crippen LogP contribution in [0.25, 0.3) is 10.9 Å². The molecule has 27 heavy (non-hydrogen) atoms. The highest BCUT2D eigenvalue weighted by Gasteiger charge is 2.27. The Morgan fingerprint density at radius 3 is 2.33 bits per heavy atom. The maximum atomic E-state index is 15.2. The van der Waals surface area contributed by atoms with E-state index in [1.54, 1.807) is 0 Å². The minimum Gasteiger partial charge on any atom is -0.480 e. The molecule has 8 nitrogen and oxygen atoms in total. The lowest BCUT2D eigenvalue weighted by Gasteiger charge is -2.34. The second-order valence-corrected chi connectivity index (χ2v) is 6.41. The third-order valence-corrected chi connectivity index (χ3v) is 4.59. The molecule has 10 heteroatoms. The minimum atomic E-state index is -1.61. The van der Waals surface area contributed by atoms with Gasteiger partial charge in [0.1, 0.15) is 23.6 Å². The Bertz CT molecular complexity index is 996. The van der Waals surface area contributed by atoms with E-state index in [2.05, 4.69) is 0 Å². The maximum Gasteiger partial charge on any atom is 0.341 e. The predicted molar refractivity (Wildman–Crippen MR) is 92.4 cm³/mol. The van der Waals surface area contributed by atoms with Gasteiger partial charge in [0.2, 0.25) is 5.43 Å². The summed E-state index contributed by atoms with van der Waals surface area (Å²) in [5.41, 5.74) is -2.60. The highest BCUT2D eigenvalue weighted by Crippen LogP contribution is 2.30. The molecule has 1 aromatic carbocycles. The Morgan fingerprint density at radius 1 is 1.15 bits per heavy atom. The first kappa shape index (κ1) is 18.8. The topological polar surface area (TPSA) is 103 Å². The zero-order chi connectivity index (χ0) is 19.9. The molecule has 1 fully saturated rings. The smallest absolute Gasteiger partial charge is 0.341 e. The number of aromatic nitrogens is 1. The molecule has 3 rings (SSSR count). The van der Waals surface area contributed by atoms with Crippen molar-refractivity contribution in [2.45, 2.75) is 6.54 Å². The second kappa shape index (κ2) is 6.95. The van der Waals surface area contributed by atoms with Gasteiger partial charge < -0.3 is 24.6 Å². The van der Waals surface area contributed by atoms with E-state index in [-0.39, 0.29) is 5.69 Å². The summed E-state index contributed by atoms with van der Waals surface area (Å²) in [6, 6.07) is 0.777. The Hall–Kier alpha value is -3.01. The third-order valence-electron chi connectivity index (χ3n) is 4.59. The number of anilines is 1. The first-order valence-electron chi connectivity index (χ1n) is 8.14. The van der Waals surface area contributed by atoms with E-state index >= 15 is 4.39 Å². The van der Waals surface area contributed by atoms with Crippen LogP contribution in [0.2, 0.25) is 0 Å². The van der Waals surface area contributed by atoms with Gasteiger partial charge in [-0.3, -0.25) is 9.59 Å². The van der Waals surface area contributed by atoms with E-state index in [0.29, 0.717) is 26.2 Å². The number of carbonyl (C=O) groups is 2. The molecule has 0 atom stereocenters. The maximum absolute atomic E-state index is 15.2. The van der Waals surface area contributed by atoms with Crippen LogP contribution in [0, 0.1) is 11.6 Å². The Morgan fingerprint density at radius 2 is 1.78 bits per heavy atom. The van der Waals surface area contributed by atoms with Gasteiger partial charge in [-0.05, 0) is 13.1 Å². The third kappa shape index (κ3) is 3.35. The highest BCUT2D eigenvalue weighted by molar-refractivity contribution is 5.94. The molecule has 0 aliphatic carbocycles. The van der Waals surface area contributed by atoms with Gasteiger partial charge in [0.15, 0.2) is 5.82 Å². The van der Waals surface area contributed by atoms with Gasteiger partial charge in [0, 0.05) is 32.4 Å². The fourth-order valence-electron chi connectivity index (χ4n) is 3.22. The first-order chi connectivity index (χ1) is 12.7. The number of rotatable bonds is 4. The van der Waals surface area contributed by atoms with E-state index in [9.17, 15) is 18.8 Å². The molecule has 1 aromatic heterocycles. The molecule has 0 amide bonds. The van der Waals surface area contributed by atoms with E-state index in [1.165, 1.54) is 4.90 Å². The van der Waals surface area contributed by atoms with Gasteiger partial charge in [-0.1, -0.05) is 0 Å². The normalized spacial score (nSPS) is 15.3. The van der Waals surface area contributed by atoms with Gasteiger partial charge in [-0.2, -0.15) is 0 Å². The number of piperazine rings is 1. The van der Waals surface area contributed by atoms with Gasteiger partial charge in [-0.15, -0.1) is 0 Å². The van der Waals surface area contributed by atoms with Gasteiger partial charge in [-0.25, -0.2) is 13.6 Å². The molecule has 1 aliphatic heterocycles. The summed E-state index contributed by atoms with van der Waals surface area (Å²) in [6.45, 7) is 1.09. The van der Waals surface area contributed by atoms with E-state index < -0.39 is 52.0 Å². The summed E-state index contributed by atoms with van der Waals surface area (Å²) in [5.74, 6) is -5.04. The molecule has 2 N–H and O–H groups in total. The molecule has 0 unspecified atom stereocenters. The number of likely N-dealkylation sites (N-methyl/N-ethyl adjacent to an activating group) is 1. The molecule has 0 spiro atoms. The van der Waals surface area contributed by atoms with Crippen LogP contribution in [0.4, 0.5) is 14.5 Å². The molecule has 144 valence electrons. The van der Waals surface area contributed by atoms with Crippen LogP contribution in [-0.2, 0) is 11.3 Å². The molecule has 0 bridgehead atoms. The monoisotopic (exact) mass is 381 g/mol. The zero-order valence-corrected chi connectivity index (χ0v) is 14.4. The average Bonchev–Trinajstić information content (AvgIpc) is 2.58. The van der Waals surface area contributed by atoms with Crippen molar-refractivity contribution in [2.24, 2.45) is 0 Å². The van der Waals surface area contributed by atoms with Gasteiger partial charge in [0.05, 0.1) is 10.9 Å². The molecule has 0 radical (unpaired) electrons. The Kier molecular flexibility index (Phi) is 4.83. The summed E-state index contributed by atoms with van der Waals surface area (Å²) in [5, 5.41) is 17.7. The number of benzene rings is 1. The van der Waals surface area contributed by atoms with Crippen molar-refractivity contribution in [1.29, 1.82) is 0 Å². The Balaban J connectivity index is 2.30. The van der Waals surface area contributed by atoms with E-state index in [0.717, 1.165) is 16.8 Å². The molecular weight excluding hydrogens is 364 g/mol. The quantitative estimate of drug-likeness (QED) is 0.808. The number of hydrogen-bond acceptors (Lipinski definition) is 5. The molecule has 2 aromatic rings. The average molecular weight is 381 g/mol. The van der Waals surface area contributed by atoms with Crippen LogP contribution < -0.4 is 10.3 Å². The van der Waals surface area contributed by atoms with Crippen molar-refractivity contribution in [2.75, 3.05) is 38.1 Å². The van der Waals surface area contributed by atoms with Crippen molar-refractivity contribution >= 4 is 28.5 Å². The molecule has 1 saturated heterocycles. The van der Waals surface area contributed by atoms with Crippen LogP contribution in [0.15, 0.2) is 17.1 Å². The van der Waals surface area contributed by atoms with Crippen molar-refractivity contribution in [3.05, 3.63) is 39.7 Å². The van der Waals surface area contributed by atoms with Crippen molar-refractivity contribution < 1.29 is 28.6 Å². The highest BCUT2D eigenvalue weighted by atomic mass is 19.1. The molecule has 0 saturated carbocycles. The number of fused-ring (bicyclic) bond motifs is 1. The largest absolute Gasteiger partial charge is 0.480 e. The first-order valence-corrected chi connectivity index (χ1v) is 8.14. The van der Waals surface area contributed by atoms with E-state index in [4.69, 9.17) is 10.2 Å². The van der Waals surface area contributed by atoms with Crippen LogP contribution in [0.5, 0.6) is 0 Å². The lowest BCUT2D eigenvalue weighted by atomic mass is 10.1. The second-order valence-electron chi connectivity index (χ2n) is 6.41. The number of aliphatic carboxylic acids is 1. The van der Waals surface area contributed by atoms with Crippen molar-refractivity contribution in [3.63, 3.8) is 0 Å². The fraction of sp³-hybridized carbons (Fsp3) is 0.353.